The quantitative estimate of drug-likeness (QED) is 0.728. The van der Waals surface area contributed by atoms with Gasteiger partial charge in [0.15, 0.2) is 0 Å². The predicted octanol–water partition coefficient (Wildman–Crippen LogP) is 0.470. The third-order valence-electron chi connectivity index (χ3n) is 3.44. The van der Waals surface area contributed by atoms with Crippen molar-refractivity contribution in [2.45, 2.75) is 38.1 Å². The molecule has 3 N–H and O–H groups in total. The minimum Gasteiger partial charge on any atom is -0.395 e. The molecule has 6 nitrogen and oxygen atoms in total. The lowest BCUT2D eigenvalue weighted by Gasteiger charge is -2.33. The van der Waals surface area contributed by atoms with Gasteiger partial charge in [-0.15, -0.1) is 0 Å². The van der Waals surface area contributed by atoms with Gasteiger partial charge in [-0.25, -0.2) is 4.79 Å². The van der Waals surface area contributed by atoms with Gasteiger partial charge in [0.1, 0.15) is 5.69 Å². The van der Waals surface area contributed by atoms with Crippen molar-refractivity contribution < 1.29 is 9.90 Å². The molecule has 0 unspecified atom stereocenters. The normalized spacial score (nSPS) is 16.7. The molecular formula is C12H19N3O3. The second-order valence-corrected chi connectivity index (χ2v) is 4.67. The molecule has 0 bridgehead atoms. The van der Waals surface area contributed by atoms with E-state index in [1.54, 1.807) is 4.90 Å². The van der Waals surface area contributed by atoms with Gasteiger partial charge in [0.25, 0.3) is 5.91 Å². The fraction of sp³-hybridized carbons (Fsp3) is 0.667. The summed E-state index contributed by atoms with van der Waals surface area (Å²) in [5.74, 6) is -0.214. The first-order chi connectivity index (χ1) is 8.72. The van der Waals surface area contributed by atoms with Crippen LogP contribution < -0.4 is 5.69 Å². The van der Waals surface area contributed by atoms with E-state index < -0.39 is 0 Å². The van der Waals surface area contributed by atoms with Crippen LogP contribution in [0.5, 0.6) is 0 Å². The fourth-order valence-electron chi connectivity index (χ4n) is 2.55. The van der Waals surface area contributed by atoms with Crippen LogP contribution in [0.25, 0.3) is 0 Å². The van der Waals surface area contributed by atoms with Gasteiger partial charge in [-0.05, 0) is 12.8 Å². The predicted molar refractivity (Wildman–Crippen MR) is 66.4 cm³/mol. The van der Waals surface area contributed by atoms with Crippen LogP contribution >= 0.6 is 0 Å². The van der Waals surface area contributed by atoms with Crippen molar-refractivity contribution in [1.29, 1.82) is 0 Å². The Labute approximate surface area is 105 Å². The van der Waals surface area contributed by atoms with Crippen LogP contribution in [0.4, 0.5) is 0 Å². The minimum atomic E-state index is -0.383. The van der Waals surface area contributed by atoms with Crippen LogP contribution in [-0.4, -0.2) is 45.1 Å². The second kappa shape index (κ2) is 5.86. The van der Waals surface area contributed by atoms with Gasteiger partial charge in [-0.2, -0.15) is 0 Å². The molecule has 1 amide bonds. The standard InChI is InChI=1S/C12H19N3O3/c16-7-6-15(9-4-2-1-3-5-9)11(17)10-8-13-12(18)14-10/h8-9,16H,1-7H2,(H2,13,14,18). The molecule has 1 aliphatic rings. The number of hydrogen-bond acceptors (Lipinski definition) is 3. The number of nitrogens with one attached hydrogen (secondary N) is 2. The van der Waals surface area contributed by atoms with Gasteiger partial charge in [0.2, 0.25) is 0 Å². The third-order valence-corrected chi connectivity index (χ3v) is 3.44. The number of amides is 1. The van der Waals surface area contributed by atoms with Crippen molar-refractivity contribution in [3.63, 3.8) is 0 Å². The number of imidazole rings is 1. The van der Waals surface area contributed by atoms with Crippen molar-refractivity contribution in [3.05, 3.63) is 22.4 Å². The molecule has 0 saturated heterocycles. The highest BCUT2D eigenvalue weighted by Crippen LogP contribution is 2.23. The SMILES string of the molecule is O=C(c1c[nH]c(=O)[nH]1)N(CCO)C1CCCCC1. The lowest BCUT2D eigenvalue weighted by Crippen LogP contribution is -2.43. The maximum absolute atomic E-state index is 12.3. The first-order valence-electron chi connectivity index (χ1n) is 6.42. The van der Waals surface area contributed by atoms with Crippen LogP contribution in [-0.2, 0) is 0 Å². The monoisotopic (exact) mass is 253 g/mol. The molecule has 2 rings (SSSR count). The molecule has 1 fully saturated rings. The summed E-state index contributed by atoms with van der Waals surface area (Å²) in [6, 6.07) is 0.178. The Bertz CT molecular complexity index is 445. The van der Waals surface area contributed by atoms with Gasteiger partial charge in [-0.3, -0.25) is 4.79 Å². The van der Waals surface area contributed by atoms with Gasteiger partial charge in [0.05, 0.1) is 6.61 Å². The van der Waals surface area contributed by atoms with E-state index in [0.717, 1.165) is 25.7 Å². The van der Waals surface area contributed by atoms with Crippen LogP contribution in [0.2, 0.25) is 0 Å². The van der Waals surface area contributed by atoms with Crippen molar-refractivity contribution in [1.82, 2.24) is 14.9 Å². The summed E-state index contributed by atoms with van der Waals surface area (Å²) in [7, 11) is 0. The lowest BCUT2D eigenvalue weighted by molar-refractivity contribution is 0.0580. The van der Waals surface area contributed by atoms with Gasteiger partial charge < -0.3 is 20.0 Å². The Morgan fingerprint density at radius 2 is 2.11 bits per heavy atom. The number of carbonyl (C=O) groups is 1. The Morgan fingerprint density at radius 3 is 2.67 bits per heavy atom. The zero-order valence-electron chi connectivity index (χ0n) is 10.3. The van der Waals surface area contributed by atoms with Gasteiger partial charge >= 0.3 is 5.69 Å². The van der Waals surface area contributed by atoms with Crippen LogP contribution in [0.3, 0.4) is 0 Å². The number of rotatable bonds is 4. The summed E-state index contributed by atoms with van der Waals surface area (Å²) >= 11 is 0. The average molecular weight is 253 g/mol. The summed E-state index contributed by atoms with van der Waals surface area (Å²) < 4.78 is 0. The van der Waals surface area contributed by atoms with Crippen LogP contribution in [0, 0.1) is 0 Å². The molecule has 18 heavy (non-hydrogen) atoms. The number of aromatic amines is 2. The lowest BCUT2D eigenvalue weighted by atomic mass is 9.94. The zero-order valence-corrected chi connectivity index (χ0v) is 10.3. The first kappa shape index (κ1) is 12.9. The van der Waals surface area contributed by atoms with Crippen LogP contribution in [0.15, 0.2) is 11.0 Å². The Kier molecular flexibility index (Phi) is 4.19. The molecule has 0 aliphatic heterocycles. The number of aliphatic hydroxyl groups is 1. The minimum absolute atomic E-state index is 0.0586. The van der Waals surface area contributed by atoms with E-state index in [9.17, 15) is 9.59 Å². The number of aliphatic hydroxyl groups excluding tert-OH is 1. The molecular weight excluding hydrogens is 234 g/mol. The molecule has 6 heteroatoms. The topological polar surface area (TPSA) is 89.2 Å². The Balaban J connectivity index is 2.13. The largest absolute Gasteiger partial charge is 0.395 e. The number of carbonyl (C=O) groups excluding carboxylic acids is 1. The molecule has 1 saturated carbocycles. The first-order valence-corrected chi connectivity index (χ1v) is 6.42. The van der Waals surface area contributed by atoms with Gasteiger partial charge in [-0.1, -0.05) is 19.3 Å². The highest BCUT2D eigenvalue weighted by molar-refractivity contribution is 5.92. The molecule has 0 atom stereocenters. The van der Waals surface area contributed by atoms with E-state index in [-0.39, 0.29) is 29.9 Å². The highest BCUT2D eigenvalue weighted by Gasteiger charge is 2.26. The van der Waals surface area contributed by atoms with E-state index in [1.807, 2.05) is 0 Å². The summed E-state index contributed by atoms with van der Waals surface area (Å²) in [5, 5.41) is 9.09. The zero-order chi connectivity index (χ0) is 13.0. The van der Waals surface area contributed by atoms with Crippen LogP contribution in [0.1, 0.15) is 42.6 Å². The fourth-order valence-corrected chi connectivity index (χ4v) is 2.55. The average Bonchev–Trinajstić information content (AvgIpc) is 2.83. The maximum Gasteiger partial charge on any atom is 0.323 e. The number of hydrogen-bond donors (Lipinski definition) is 3. The molecule has 1 aromatic heterocycles. The summed E-state index contributed by atoms with van der Waals surface area (Å²) in [5.41, 5.74) is -0.120. The number of H-pyrrole nitrogens is 2. The van der Waals surface area contributed by atoms with E-state index in [2.05, 4.69) is 9.97 Å². The molecule has 100 valence electrons. The maximum atomic E-state index is 12.3. The van der Waals surface area contributed by atoms with Gasteiger partial charge in [0, 0.05) is 18.8 Å². The number of nitrogens with zero attached hydrogens (tertiary/aromatic N) is 1. The molecule has 0 radical (unpaired) electrons. The molecule has 0 aromatic carbocycles. The Hall–Kier alpha value is -1.56. The summed E-state index contributed by atoms with van der Waals surface area (Å²) in [6.45, 7) is 0.258. The summed E-state index contributed by atoms with van der Waals surface area (Å²) in [4.78, 5) is 29.9. The molecule has 1 heterocycles. The molecule has 1 aromatic rings. The van der Waals surface area contributed by atoms with Crippen molar-refractivity contribution in [2.24, 2.45) is 0 Å². The molecule has 1 aliphatic carbocycles. The van der Waals surface area contributed by atoms with Crippen molar-refractivity contribution in [3.8, 4) is 0 Å². The smallest absolute Gasteiger partial charge is 0.323 e. The van der Waals surface area contributed by atoms with Crippen molar-refractivity contribution in [2.75, 3.05) is 13.2 Å². The number of aromatic nitrogens is 2. The molecule has 0 spiro atoms. The van der Waals surface area contributed by atoms with E-state index >= 15 is 0 Å². The highest BCUT2D eigenvalue weighted by atomic mass is 16.3. The van der Waals surface area contributed by atoms with E-state index in [4.69, 9.17) is 5.11 Å². The second-order valence-electron chi connectivity index (χ2n) is 4.67. The Morgan fingerprint density at radius 1 is 1.39 bits per heavy atom. The third kappa shape index (κ3) is 2.81. The van der Waals surface area contributed by atoms with E-state index in [0.29, 0.717) is 6.54 Å². The summed E-state index contributed by atoms with van der Waals surface area (Å²) in [6.07, 6.45) is 6.77. The van der Waals surface area contributed by atoms with E-state index in [1.165, 1.54) is 12.6 Å². The van der Waals surface area contributed by atoms with Crippen molar-refractivity contribution >= 4 is 5.91 Å².